The van der Waals surface area contributed by atoms with Crippen LogP contribution in [0.2, 0.25) is 0 Å². The lowest BCUT2D eigenvalue weighted by Crippen LogP contribution is -2.48. The van der Waals surface area contributed by atoms with E-state index < -0.39 is 0 Å². The number of hydrogen-bond acceptors (Lipinski definition) is 3. The number of benzene rings is 1. The van der Waals surface area contributed by atoms with E-state index in [0.29, 0.717) is 4.83 Å². The first-order valence-corrected chi connectivity index (χ1v) is 8.86. The van der Waals surface area contributed by atoms with Crippen LogP contribution < -0.4 is 0 Å². The Bertz CT molecular complexity index is 391. The molecule has 1 aromatic carbocycles. The van der Waals surface area contributed by atoms with Crippen LogP contribution in [0, 0.1) is 0 Å². The molecule has 0 bridgehead atoms. The van der Waals surface area contributed by atoms with Crippen LogP contribution in [0.15, 0.2) is 30.3 Å². The maximum absolute atomic E-state index is 5.96. The fraction of sp³-hybridized carbons (Fsp3) is 0.647. The quantitative estimate of drug-likeness (QED) is 0.699. The third-order valence-corrected chi connectivity index (χ3v) is 4.23. The van der Waals surface area contributed by atoms with Gasteiger partial charge < -0.3 is 4.74 Å². The fourth-order valence-electron chi connectivity index (χ4n) is 2.87. The van der Waals surface area contributed by atoms with Crippen LogP contribution in [-0.4, -0.2) is 60.5 Å². The average molecular weight is 355 g/mol. The number of hydrogen-bond donors (Lipinski definition) is 0. The molecule has 0 radical (unpaired) electrons. The van der Waals surface area contributed by atoms with Gasteiger partial charge in [-0.05, 0) is 12.5 Å². The Kier molecular flexibility index (Phi) is 7.17. The number of alkyl halides is 1. The largest absolute Gasteiger partial charge is 0.372 e. The van der Waals surface area contributed by atoms with Gasteiger partial charge >= 0.3 is 0 Å². The van der Waals surface area contributed by atoms with Gasteiger partial charge in [0.2, 0.25) is 0 Å². The molecule has 1 saturated heterocycles. The minimum Gasteiger partial charge on any atom is -0.372 e. The molecule has 1 aliphatic heterocycles. The first-order chi connectivity index (χ1) is 10.2. The molecule has 2 atom stereocenters. The SMILES string of the molecule is CCOC(CN1CCN(CC(C)Br)CC1)c1ccccc1. The van der Waals surface area contributed by atoms with Crippen LogP contribution in [0.4, 0.5) is 0 Å². The van der Waals surface area contributed by atoms with Gasteiger partial charge in [-0.1, -0.05) is 53.2 Å². The van der Waals surface area contributed by atoms with Gasteiger partial charge in [-0.3, -0.25) is 9.80 Å². The zero-order valence-corrected chi connectivity index (χ0v) is 14.8. The minimum atomic E-state index is 0.192. The first-order valence-electron chi connectivity index (χ1n) is 7.94. The summed E-state index contributed by atoms with van der Waals surface area (Å²) in [6.07, 6.45) is 0.192. The maximum Gasteiger partial charge on any atom is 0.0951 e. The van der Waals surface area contributed by atoms with E-state index in [4.69, 9.17) is 4.74 Å². The molecule has 21 heavy (non-hydrogen) atoms. The van der Waals surface area contributed by atoms with Gasteiger partial charge in [-0.2, -0.15) is 0 Å². The second-order valence-corrected chi connectivity index (χ2v) is 7.30. The monoisotopic (exact) mass is 354 g/mol. The summed E-state index contributed by atoms with van der Waals surface area (Å²) in [7, 11) is 0. The molecule has 4 heteroatoms. The standard InChI is InChI=1S/C17H27BrN2O/c1-3-21-17(16-7-5-4-6-8-16)14-20-11-9-19(10-12-20)13-15(2)18/h4-8,15,17H,3,9-14H2,1-2H3. The van der Waals surface area contributed by atoms with E-state index >= 15 is 0 Å². The fourth-order valence-corrected chi connectivity index (χ4v) is 3.28. The van der Waals surface area contributed by atoms with E-state index in [9.17, 15) is 0 Å². The van der Waals surface area contributed by atoms with Gasteiger partial charge in [0.15, 0.2) is 0 Å². The first kappa shape index (κ1) is 16.9. The normalized spacial score (nSPS) is 20.3. The zero-order chi connectivity index (χ0) is 15.1. The van der Waals surface area contributed by atoms with Crippen molar-refractivity contribution < 1.29 is 4.74 Å². The van der Waals surface area contributed by atoms with E-state index in [1.54, 1.807) is 0 Å². The van der Waals surface area contributed by atoms with E-state index in [-0.39, 0.29) is 6.10 Å². The predicted molar refractivity (Wildman–Crippen MR) is 92.1 cm³/mol. The van der Waals surface area contributed by atoms with Crippen molar-refractivity contribution in [3.63, 3.8) is 0 Å². The summed E-state index contributed by atoms with van der Waals surface area (Å²) in [6.45, 7) is 11.8. The van der Waals surface area contributed by atoms with Gasteiger partial charge in [-0.25, -0.2) is 0 Å². The summed E-state index contributed by atoms with van der Waals surface area (Å²) >= 11 is 3.64. The Labute approximate surface area is 137 Å². The van der Waals surface area contributed by atoms with E-state index in [1.165, 1.54) is 5.56 Å². The van der Waals surface area contributed by atoms with Crippen LogP contribution in [0.5, 0.6) is 0 Å². The summed E-state index contributed by atoms with van der Waals surface area (Å²) < 4.78 is 5.96. The Hall–Kier alpha value is -0.420. The van der Waals surface area contributed by atoms with Crippen molar-refractivity contribution in [2.75, 3.05) is 45.9 Å². The number of piperazine rings is 1. The van der Waals surface area contributed by atoms with Crippen molar-refractivity contribution >= 4 is 15.9 Å². The zero-order valence-electron chi connectivity index (χ0n) is 13.2. The molecule has 1 heterocycles. The van der Waals surface area contributed by atoms with Crippen LogP contribution in [-0.2, 0) is 4.74 Å². The van der Waals surface area contributed by atoms with E-state index in [1.807, 2.05) is 0 Å². The Morgan fingerprint density at radius 3 is 2.14 bits per heavy atom. The predicted octanol–water partition coefficient (Wildman–Crippen LogP) is 3.17. The lowest BCUT2D eigenvalue weighted by atomic mass is 10.1. The second kappa shape index (κ2) is 8.89. The lowest BCUT2D eigenvalue weighted by molar-refractivity contribution is 0.0185. The third-order valence-electron chi connectivity index (χ3n) is 3.94. The van der Waals surface area contributed by atoms with Gasteiger partial charge in [0.05, 0.1) is 6.10 Å². The molecule has 118 valence electrons. The van der Waals surface area contributed by atoms with E-state index in [2.05, 4.69) is 69.9 Å². The van der Waals surface area contributed by atoms with Gasteiger partial charge in [0.1, 0.15) is 0 Å². The van der Waals surface area contributed by atoms with Gasteiger partial charge in [0, 0.05) is 50.7 Å². The lowest BCUT2D eigenvalue weighted by Gasteiger charge is -2.36. The van der Waals surface area contributed by atoms with Crippen LogP contribution >= 0.6 is 15.9 Å². The molecular weight excluding hydrogens is 328 g/mol. The Morgan fingerprint density at radius 1 is 1.05 bits per heavy atom. The van der Waals surface area contributed by atoms with E-state index in [0.717, 1.165) is 45.9 Å². The average Bonchev–Trinajstić information content (AvgIpc) is 2.49. The van der Waals surface area contributed by atoms with Crippen molar-refractivity contribution in [2.45, 2.75) is 24.8 Å². The molecule has 1 aliphatic rings. The number of rotatable bonds is 7. The molecule has 0 spiro atoms. The second-order valence-electron chi connectivity index (χ2n) is 5.74. The molecule has 0 aromatic heterocycles. The molecule has 0 amide bonds. The summed E-state index contributed by atoms with van der Waals surface area (Å²) in [5.41, 5.74) is 1.29. The van der Waals surface area contributed by atoms with Gasteiger partial charge in [-0.15, -0.1) is 0 Å². The number of halogens is 1. The summed E-state index contributed by atoms with van der Waals surface area (Å²) in [4.78, 5) is 5.64. The third kappa shape index (κ3) is 5.70. The van der Waals surface area contributed by atoms with Crippen LogP contribution in [0.1, 0.15) is 25.5 Å². The van der Waals surface area contributed by atoms with Crippen molar-refractivity contribution in [1.29, 1.82) is 0 Å². The molecular formula is C17H27BrN2O. The van der Waals surface area contributed by atoms with Gasteiger partial charge in [0.25, 0.3) is 0 Å². The number of nitrogens with zero attached hydrogens (tertiary/aromatic N) is 2. The highest BCUT2D eigenvalue weighted by Gasteiger charge is 2.21. The molecule has 2 unspecified atom stereocenters. The van der Waals surface area contributed by atoms with Crippen LogP contribution in [0.3, 0.4) is 0 Å². The maximum atomic E-state index is 5.96. The molecule has 1 fully saturated rings. The van der Waals surface area contributed by atoms with Crippen molar-refractivity contribution in [3.05, 3.63) is 35.9 Å². The highest BCUT2D eigenvalue weighted by molar-refractivity contribution is 9.09. The molecule has 3 nitrogen and oxygen atoms in total. The Balaban J connectivity index is 1.85. The van der Waals surface area contributed by atoms with Crippen molar-refractivity contribution in [3.8, 4) is 0 Å². The summed E-state index contributed by atoms with van der Waals surface area (Å²) in [6, 6.07) is 10.6. The highest BCUT2D eigenvalue weighted by atomic mass is 79.9. The molecule has 1 aromatic rings. The number of ether oxygens (including phenoxy) is 1. The van der Waals surface area contributed by atoms with Crippen LogP contribution in [0.25, 0.3) is 0 Å². The highest BCUT2D eigenvalue weighted by Crippen LogP contribution is 2.19. The Morgan fingerprint density at radius 2 is 1.62 bits per heavy atom. The summed E-state index contributed by atoms with van der Waals surface area (Å²) in [5.74, 6) is 0. The molecule has 2 rings (SSSR count). The molecule has 0 saturated carbocycles. The minimum absolute atomic E-state index is 0.192. The topological polar surface area (TPSA) is 15.7 Å². The smallest absolute Gasteiger partial charge is 0.0951 e. The molecule has 0 aliphatic carbocycles. The van der Waals surface area contributed by atoms with Crippen molar-refractivity contribution in [1.82, 2.24) is 9.80 Å². The summed E-state index contributed by atoms with van der Waals surface area (Å²) in [5, 5.41) is 0. The van der Waals surface area contributed by atoms with Crippen molar-refractivity contribution in [2.24, 2.45) is 0 Å². The molecule has 0 N–H and O–H groups in total.